The van der Waals surface area contributed by atoms with E-state index in [-0.39, 0.29) is 24.0 Å². The van der Waals surface area contributed by atoms with E-state index >= 15 is 0 Å². The molecule has 20 heavy (non-hydrogen) atoms. The number of piperidine rings is 2. The van der Waals surface area contributed by atoms with Gasteiger partial charge in [0.2, 0.25) is 0 Å². The summed E-state index contributed by atoms with van der Waals surface area (Å²) in [6.45, 7) is 9.96. The van der Waals surface area contributed by atoms with E-state index in [0.29, 0.717) is 0 Å². The minimum absolute atomic E-state index is 0. The number of rotatable bonds is 3. The van der Waals surface area contributed by atoms with Gasteiger partial charge in [0, 0.05) is 25.7 Å². The van der Waals surface area contributed by atoms with E-state index < -0.39 is 0 Å². The Hall–Kier alpha value is -0.0400. The zero-order valence-electron chi connectivity index (χ0n) is 13.1. The van der Waals surface area contributed by atoms with Crippen molar-refractivity contribution in [2.24, 2.45) is 16.6 Å². The van der Waals surface area contributed by atoms with Crippen LogP contribution in [0, 0.1) is 5.92 Å². The highest BCUT2D eigenvalue weighted by atomic mass is 127. The Labute approximate surface area is 141 Å². The zero-order valence-corrected chi connectivity index (χ0v) is 15.4. The molecule has 2 aliphatic rings. The summed E-state index contributed by atoms with van der Waals surface area (Å²) >= 11 is 0. The molecule has 2 heterocycles. The fourth-order valence-electron chi connectivity index (χ4n) is 3.12. The van der Waals surface area contributed by atoms with Gasteiger partial charge in [-0.3, -0.25) is 9.89 Å². The number of hydrogen-bond donors (Lipinski definition) is 1. The van der Waals surface area contributed by atoms with E-state index in [2.05, 4.69) is 28.6 Å². The molecule has 5 heteroatoms. The second kappa shape index (κ2) is 9.07. The Balaban J connectivity index is 0.00000200. The third-order valence-corrected chi connectivity index (χ3v) is 4.71. The first-order chi connectivity index (χ1) is 9.16. The second-order valence-corrected chi connectivity index (χ2v) is 6.29. The Morgan fingerprint density at radius 1 is 1.10 bits per heavy atom. The average molecular weight is 394 g/mol. The highest BCUT2D eigenvalue weighted by molar-refractivity contribution is 14.0. The van der Waals surface area contributed by atoms with Crippen LogP contribution in [0.25, 0.3) is 0 Å². The molecular weight excluding hydrogens is 363 g/mol. The van der Waals surface area contributed by atoms with Crippen LogP contribution in [-0.4, -0.2) is 54.5 Å². The molecule has 2 saturated heterocycles. The minimum atomic E-state index is 0. The van der Waals surface area contributed by atoms with Crippen molar-refractivity contribution in [3.63, 3.8) is 0 Å². The lowest BCUT2D eigenvalue weighted by atomic mass is 10.00. The molecule has 1 atom stereocenters. The van der Waals surface area contributed by atoms with Gasteiger partial charge in [-0.2, -0.15) is 0 Å². The van der Waals surface area contributed by atoms with Crippen molar-refractivity contribution in [2.75, 3.05) is 32.7 Å². The van der Waals surface area contributed by atoms with E-state index in [1.807, 2.05) is 0 Å². The smallest absolute Gasteiger partial charge is 0.191 e. The van der Waals surface area contributed by atoms with Crippen LogP contribution in [0.2, 0.25) is 0 Å². The molecule has 0 spiro atoms. The Bertz CT molecular complexity index is 300. The molecule has 0 aromatic heterocycles. The van der Waals surface area contributed by atoms with Crippen LogP contribution in [0.4, 0.5) is 0 Å². The number of nitrogens with zero attached hydrogens (tertiary/aromatic N) is 3. The highest BCUT2D eigenvalue weighted by Crippen LogP contribution is 2.16. The third kappa shape index (κ3) is 5.39. The summed E-state index contributed by atoms with van der Waals surface area (Å²) in [6, 6.07) is 0.723. The van der Waals surface area contributed by atoms with E-state index in [0.717, 1.165) is 44.1 Å². The molecule has 1 unspecified atom stereocenters. The number of halogens is 1. The first-order valence-corrected chi connectivity index (χ1v) is 7.95. The maximum Gasteiger partial charge on any atom is 0.191 e. The summed E-state index contributed by atoms with van der Waals surface area (Å²) in [4.78, 5) is 9.38. The van der Waals surface area contributed by atoms with Gasteiger partial charge < -0.3 is 10.6 Å². The number of likely N-dealkylation sites (tertiary alicyclic amines) is 2. The second-order valence-electron chi connectivity index (χ2n) is 6.29. The Morgan fingerprint density at radius 2 is 1.80 bits per heavy atom. The van der Waals surface area contributed by atoms with Crippen LogP contribution < -0.4 is 5.73 Å². The van der Waals surface area contributed by atoms with Crippen LogP contribution >= 0.6 is 24.0 Å². The molecule has 2 aliphatic heterocycles. The lowest BCUT2D eigenvalue weighted by Crippen LogP contribution is -2.43. The standard InChI is InChI=1S/C15H30N4.HI/c1-13-6-10-19(11-7-13)15(16)17-8-12-18-9-4-3-5-14(18)2;/h13-14H,3-12H2,1-2H3,(H2,16,17);1H. The van der Waals surface area contributed by atoms with Crippen molar-refractivity contribution in [1.82, 2.24) is 9.80 Å². The predicted molar refractivity (Wildman–Crippen MR) is 96.8 cm³/mol. The summed E-state index contributed by atoms with van der Waals surface area (Å²) < 4.78 is 0. The molecule has 0 aromatic carbocycles. The quantitative estimate of drug-likeness (QED) is 0.455. The first kappa shape index (κ1) is 18.0. The fraction of sp³-hybridized carbons (Fsp3) is 0.933. The molecule has 0 radical (unpaired) electrons. The molecule has 0 aromatic rings. The molecule has 0 amide bonds. The Kier molecular flexibility index (Phi) is 8.17. The Morgan fingerprint density at radius 3 is 2.45 bits per heavy atom. The van der Waals surface area contributed by atoms with Crippen LogP contribution in [0.15, 0.2) is 4.99 Å². The monoisotopic (exact) mass is 394 g/mol. The van der Waals surface area contributed by atoms with Crippen LogP contribution in [0.5, 0.6) is 0 Å². The molecule has 2 fully saturated rings. The van der Waals surface area contributed by atoms with Crippen molar-refractivity contribution in [2.45, 2.75) is 52.0 Å². The molecule has 2 rings (SSSR count). The van der Waals surface area contributed by atoms with Gasteiger partial charge in [0.1, 0.15) is 0 Å². The molecule has 2 N–H and O–H groups in total. The summed E-state index contributed by atoms with van der Waals surface area (Å²) in [5.74, 6) is 1.61. The molecule has 4 nitrogen and oxygen atoms in total. The molecule has 0 saturated carbocycles. The lowest BCUT2D eigenvalue weighted by molar-refractivity contribution is 0.165. The first-order valence-electron chi connectivity index (χ1n) is 7.95. The number of hydrogen-bond acceptors (Lipinski definition) is 2. The summed E-state index contributed by atoms with van der Waals surface area (Å²) in [5, 5.41) is 0. The van der Waals surface area contributed by atoms with Gasteiger partial charge in [-0.25, -0.2) is 0 Å². The normalized spacial score (nSPS) is 26.4. The fourth-order valence-corrected chi connectivity index (χ4v) is 3.12. The number of guanidine groups is 1. The van der Waals surface area contributed by atoms with E-state index in [4.69, 9.17) is 5.73 Å². The van der Waals surface area contributed by atoms with Gasteiger partial charge in [-0.1, -0.05) is 13.3 Å². The van der Waals surface area contributed by atoms with Gasteiger partial charge >= 0.3 is 0 Å². The summed E-state index contributed by atoms with van der Waals surface area (Å²) in [7, 11) is 0. The van der Waals surface area contributed by atoms with Gasteiger partial charge in [-0.15, -0.1) is 24.0 Å². The molecule has 0 bridgehead atoms. The highest BCUT2D eigenvalue weighted by Gasteiger charge is 2.18. The zero-order chi connectivity index (χ0) is 13.7. The molecular formula is C15H31IN4. The molecule has 118 valence electrons. The minimum Gasteiger partial charge on any atom is -0.370 e. The van der Waals surface area contributed by atoms with Crippen molar-refractivity contribution in [3.8, 4) is 0 Å². The van der Waals surface area contributed by atoms with E-state index in [1.165, 1.54) is 38.6 Å². The van der Waals surface area contributed by atoms with Crippen molar-refractivity contribution < 1.29 is 0 Å². The maximum atomic E-state index is 6.10. The van der Waals surface area contributed by atoms with Gasteiger partial charge in [0.05, 0.1) is 6.54 Å². The van der Waals surface area contributed by atoms with Gasteiger partial charge in [-0.05, 0) is 45.1 Å². The van der Waals surface area contributed by atoms with Crippen molar-refractivity contribution in [3.05, 3.63) is 0 Å². The lowest BCUT2D eigenvalue weighted by Gasteiger charge is -2.33. The van der Waals surface area contributed by atoms with Crippen LogP contribution in [0.3, 0.4) is 0 Å². The van der Waals surface area contributed by atoms with E-state index in [9.17, 15) is 0 Å². The average Bonchev–Trinajstić information content (AvgIpc) is 2.41. The van der Waals surface area contributed by atoms with Gasteiger partial charge in [0.25, 0.3) is 0 Å². The predicted octanol–water partition coefficient (Wildman–Crippen LogP) is 2.53. The SMILES string of the molecule is CC1CCN(C(N)=NCCN2CCCCC2C)CC1.I. The van der Waals surface area contributed by atoms with Crippen molar-refractivity contribution in [1.29, 1.82) is 0 Å². The topological polar surface area (TPSA) is 44.9 Å². The van der Waals surface area contributed by atoms with E-state index in [1.54, 1.807) is 0 Å². The largest absolute Gasteiger partial charge is 0.370 e. The third-order valence-electron chi connectivity index (χ3n) is 4.71. The number of nitrogens with two attached hydrogens (primary N) is 1. The van der Waals surface area contributed by atoms with Crippen molar-refractivity contribution >= 4 is 29.9 Å². The summed E-state index contributed by atoms with van der Waals surface area (Å²) in [5.41, 5.74) is 6.10. The van der Waals surface area contributed by atoms with Gasteiger partial charge in [0.15, 0.2) is 5.96 Å². The van der Waals surface area contributed by atoms with Crippen LogP contribution in [0.1, 0.15) is 46.0 Å². The number of aliphatic imine (C=N–C) groups is 1. The molecule has 0 aliphatic carbocycles. The summed E-state index contributed by atoms with van der Waals surface area (Å²) in [6.07, 6.45) is 6.56. The maximum absolute atomic E-state index is 6.10. The van der Waals surface area contributed by atoms with Crippen LogP contribution in [-0.2, 0) is 0 Å².